The summed E-state index contributed by atoms with van der Waals surface area (Å²) in [5, 5.41) is 3.01. The first kappa shape index (κ1) is 17.4. The number of hydrogen-bond acceptors (Lipinski definition) is 4. The molecule has 2 amide bonds. The van der Waals surface area contributed by atoms with Crippen molar-refractivity contribution in [2.24, 2.45) is 0 Å². The summed E-state index contributed by atoms with van der Waals surface area (Å²) in [5.41, 5.74) is 0.860. The molecule has 0 spiro atoms. The Hall–Kier alpha value is -1.98. The van der Waals surface area contributed by atoms with Crippen molar-refractivity contribution in [3.05, 3.63) is 24.3 Å². The van der Waals surface area contributed by atoms with E-state index in [1.807, 2.05) is 6.92 Å². The van der Waals surface area contributed by atoms with Gasteiger partial charge < -0.3 is 10.2 Å². The minimum atomic E-state index is -0.0137. The van der Waals surface area contributed by atoms with E-state index in [1.54, 1.807) is 30.5 Å². The van der Waals surface area contributed by atoms with E-state index in [1.165, 1.54) is 12.8 Å². The molecule has 1 aliphatic carbocycles. The van der Waals surface area contributed by atoms with Gasteiger partial charge in [0, 0.05) is 57.0 Å². The standard InChI is InChI=1S/C17H26N4O2/c1-13(11-15-12-18-9-10-19-15)21(2)17(23)8-7-16(22)20-14-5-3-4-6-14/h9-10,12-14H,3-8,11H2,1-2H3,(H,20,22)/t13-/m0/s1. The zero-order valence-corrected chi connectivity index (χ0v) is 14.0. The largest absolute Gasteiger partial charge is 0.353 e. The van der Waals surface area contributed by atoms with Crippen LogP contribution in [0.15, 0.2) is 18.6 Å². The fourth-order valence-electron chi connectivity index (χ4n) is 2.89. The molecule has 1 aliphatic rings. The average molecular weight is 318 g/mol. The number of nitrogens with zero attached hydrogens (tertiary/aromatic N) is 3. The third-order valence-electron chi connectivity index (χ3n) is 4.46. The molecule has 1 heterocycles. The van der Waals surface area contributed by atoms with Gasteiger partial charge in [-0.15, -0.1) is 0 Å². The van der Waals surface area contributed by atoms with Crippen LogP contribution in [0.25, 0.3) is 0 Å². The lowest BCUT2D eigenvalue weighted by Crippen LogP contribution is -2.38. The quantitative estimate of drug-likeness (QED) is 0.830. The number of rotatable bonds is 7. The van der Waals surface area contributed by atoms with Crippen LogP contribution in [0.3, 0.4) is 0 Å². The Labute approximate surface area is 137 Å². The summed E-state index contributed by atoms with van der Waals surface area (Å²) in [6.07, 6.45) is 10.7. The molecule has 0 aliphatic heterocycles. The topological polar surface area (TPSA) is 75.2 Å². The van der Waals surface area contributed by atoms with E-state index in [4.69, 9.17) is 0 Å². The maximum absolute atomic E-state index is 12.2. The fraction of sp³-hybridized carbons (Fsp3) is 0.647. The number of carbonyl (C=O) groups excluding carboxylic acids is 2. The molecule has 0 bridgehead atoms. The Balaban J connectivity index is 1.72. The Morgan fingerprint density at radius 1 is 1.30 bits per heavy atom. The third-order valence-corrected chi connectivity index (χ3v) is 4.46. The second-order valence-corrected chi connectivity index (χ2v) is 6.30. The number of amides is 2. The molecule has 1 aromatic heterocycles. The summed E-state index contributed by atoms with van der Waals surface area (Å²) in [4.78, 5) is 34.1. The van der Waals surface area contributed by atoms with Gasteiger partial charge in [-0.3, -0.25) is 19.6 Å². The van der Waals surface area contributed by atoms with Crippen LogP contribution in [0.5, 0.6) is 0 Å². The van der Waals surface area contributed by atoms with Crippen molar-refractivity contribution in [1.82, 2.24) is 20.2 Å². The zero-order valence-electron chi connectivity index (χ0n) is 14.0. The number of likely N-dealkylation sites (N-methyl/N-ethyl adjacent to an activating group) is 1. The molecule has 1 aromatic rings. The molecule has 1 N–H and O–H groups in total. The minimum Gasteiger partial charge on any atom is -0.353 e. The lowest BCUT2D eigenvalue weighted by Gasteiger charge is -2.24. The molecule has 1 atom stereocenters. The SMILES string of the molecule is C[C@@H](Cc1cnccn1)N(C)C(=O)CCC(=O)NC1CCCC1. The van der Waals surface area contributed by atoms with Crippen molar-refractivity contribution in [3.63, 3.8) is 0 Å². The van der Waals surface area contributed by atoms with E-state index in [0.717, 1.165) is 18.5 Å². The van der Waals surface area contributed by atoms with Crippen LogP contribution in [0.4, 0.5) is 0 Å². The fourth-order valence-corrected chi connectivity index (χ4v) is 2.89. The van der Waals surface area contributed by atoms with Gasteiger partial charge in [0.25, 0.3) is 0 Å². The highest BCUT2D eigenvalue weighted by Gasteiger charge is 2.20. The van der Waals surface area contributed by atoms with Crippen molar-refractivity contribution in [2.45, 2.75) is 64.0 Å². The summed E-state index contributed by atoms with van der Waals surface area (Å²) in [6.45, 7) is 1.98. The van der Waals surface area contributed by atoms with Gasteiger partial charge in [0.2, 0.25) is 11.8 Å². The van der Waals surface area contributed by atoms with Gasteiger partial charge in [0.15, 0.2) is 0 Å². The van der Waals surface area contributed by atoms with Crippen molar-refractivity contribution in [3.8, 4) is 0 Å². The second-order valence-electron chi connectivity index (χ2n) is 6.30. The highest BCUT2D eigenvalue weighted by Crippen LogP contribution is 2.17. The van der Waals surface area contributed by atoms with E-state index < -0.39 is 0 Å². The molecule has 6 heteroatoms. The van der Waals surface area contributed by atoms with Crippen molar-refractivity contribution in [2.75, 3.05) is 7.05 Å². The van der Waals surface area contributed by atoms with Gasteiger partial charge in [0.05, 0.1) is 5.69 Å². The zero-order chi connectivity index (χ0) is 16.7. The molecule has 0 saturated heterocycles. The summed E-state index contributed by atoms with van der Waals surface area (Å²) in [7, 11) is 1.78. The first-order valence-corrected chi connectivity index (χ1v) is 8.36. The Morgan fingerprint density at radius 2 is 2.04 bits per heavy atom. The van der Waals surface area contributed by atoms with E-state index in [9.17, 15) is 9.59 Å². The van der Waals surface area contributed by atoms with E-state index in [-0.39, 0.29) is 30.7 Å². The lowest BCUT2D eigenvalue weighted by molar-refractivity contribution is -0.134. The molecule has 2 rings (SSSR count). The van der Waals surface area contributed by atoms with Gasteiger partial charge in [-0.1, -0.05) is 12.8 Å². The van der Waals surface area contributed by atoms with Crippen LogP contribution in [0.1, 0.15) is 51.1 Å². The number of aromatic nitrogens is 2. The Bertz CT molecular complexity index is 515. The predicted molar refractivity (Wildman–Crippen MR) is 87.6 cm³/mol. The van der Waals surface area contributed by atoms with Gasteiger partial charge >= 0.3 is 0 Å². The van der Waals surface area contributed by atoms with Crippen molar-refractivity contribution in [1.29, 1.82) is 0 Å². The number of hydrogen-bond donors (Lipinski definition) is 1. The van der Waals surface area contributed by atoms with Gasteiger partial charge in [-0.05, 0) is 19.8 Å². The highest BCUT2D eigenvalue weighted by molar-refractivity contribution is 5.83. The normalized spacial score (nSPS) is 16.1. The average Bonchev–Trinajstić information content (AvgIpc) is 3.05. The number of carbonyl (C=O) groups is 2. The third kappa shape index (κ3) is 5.62. The Morgan fingerprint density at radius 3 is 2.70 bits per heavy atom. The van der Waals surface area contributed by atoms with Gasteiger partial charge in [0.1, 0.15) is 0 Å². The van der Waals surface area contributed by atoms with Crippen molar-refractivity contribution < 1.29 is 9.59 Å². The minimum absolute atomic E-state index is 0.0111. The second kappa shape index (κ2) is 8.60. The van der Waals surface area contributed by atoms with Crippen LogP contribution in [-0.2, 0) is 16.0 Å². The van der Waals surface area contributed by atoms with Crippen molar-refractivity contribution >= 4 is 11.8 Å². The Kier molecular flexibility index (Phi) is 6.50. The van der Waals surface area contributed by atoms with Crippen LogP contribution in [0.2, 0.25) is 0 Å². The van der Waals surface area contributed by atoms with E-state index in [2.05, 4.69) is 15.3 Å². The lowest BCUT2D eigenvalue weighted by atomic mass is 10.1. The molecule has 0 radical (unpaired) electrons. The molecular weight excluding hydrogens is 292 g/mol. The molecule has 0 aromatic carbocycles. The first-order chi connectivity index (χ1) is 11.1. The van der Waals surface area contributed by atoms with Crippen LogP contribution < -0.4 is 5.32 Å². The first-order valence-electron chi connectivity index (χ1n) is 8.36. The van der Waals surface area contributed by atoms with Gasteiger partial charge in [-0.2, -0.15) is 0 Å². The highest BCUT2D eigenvalue weighted by atomic mass is 16.2. The summed E-state index contributed by atoms with van der Waals surface area (Å²) in [5.74, 6) is -0.0248. The molecule has 126 valence electrons. The molecule has 1 saturated carbocycles. The van der Waals surface area contributed by atoms with Crippen LogP contribution >= 0.6 is 0 Å². The predicted octanol–water partition coefficient (Wildman–Crippen LogP) is 1.70. The van der Waals surface area contributed by atoms with E-state index in [0.29, 0.717) is 12.5 Å². The van der Waals surface area contributed by atoms with Crippen LogP contribution in [-0.4, -0.2) is 45.8 Å². The summed E-state index contributed by atoms with van der Waals surface area (Å²) < 4.78 is 0. The molecule has 23 heavy (non-hydrogen) atoms. The molecule has 1 fully saturated rings. The molecule has 0 unspecified atom stereocenters. The van der Waals surface area contributed by atoms with Crippen LogP contribution in [0, 0.1) is 0 Å². The molecular formula is C17H26N4O2. The summed E-state index contributed by atoms with van der Waals surface area (Å²) >= 11 is 0. The summed E-state index contributed by atoms with van der Waals surface area (Å²) in [6, 6.07) is 0.336. The van der Waals surface area contributed by atoms with Gasteiger partial charge in [-0.25, -0.2) is 0 Å². The smallest absolute Gasteiger partial charge is 0.223 e. The monoisotopic (exact) mass is 318 g/mol. The van der Waals surface area contributed by atoms with E-state index >= 15 is 0 Å². The molecule has 6 nitrogen and oxygen atoms in total. The number of nitrogens with one attached hydrogen (secondary N) is 1. The maximum atomic E-state index is 12.2. The maximum Gasteiger partial charge on any atom is 0.223 e.